The average molecular weight is 276 g/mol. The quantitative estimate of drug-likeness (QED) is 0.914. The number of nitrogens with zero attached hydrogens (tertiary/aromatic N) is 3. The van der Waals surface area contributed by atoms with Gasteiger partial charge in [-0.25, -0.2) is 4.79 Å². The van der Waals surface area contributed by atoms with Gasteiger partial charge in [0.05, 0.1) is 6.54 Å². The Morgan fingerprint density at radius 1 is 1.50 bits per heavy atom. The van der Waals surface area contributed by atoms with E-state index in [2.05, 4.69) is 15.5 Å². The van der Waals surface area contributed by atoms with Crippen molar-refractivity contribution in [2.24, 2.45) is 11.3 Å². The Morgan fingerprint density at radius 3 is 2.85 bits per heavy atom. The summed E-state index contributed by atoms with van der Waals surface area (Å²) in [4.78, 5) is 18.4. The molecule has 2 heterocycles. The average Bonchev–Trinajstić information content (AvgIpc) is 3.05. The highest BCUT2D eigenvalue weighted by molar-refractivity contribution is 5.76. The van der Waals surface area contributed by atoms with Gasteiger partial charge in [-0.2, -0.15) is 4.98 Å². The summed E-state index contributed by atoms with van der Waals surface area (Å²) in [5.41, 5.74) is 0.473. The highest BCUT2D eigenvalue weighted by atomic mass is 16.5. The van der Waals surface area contributed by atoms with Gasteiger partial charge in [0, 0.05) is 24.9 Å². The first-order chi connectivity index (χ1) is 9.68. The van der Waals surface area contributed by atoms with Crippen LogP contribution < -0.4 is 5.32 Å². The molecule has 3 aliphatic rings. The fraction of sp³-hybridized carbons (Fsp3) is 0.786. The molecule has 1 aliphatic heterocycles. The molecule has 1 unspecified atom stereocenters. The van der Waals surface area contributed by atoms with E-state index in [9.17, 15) is 4.79 Å². The molecular weight excluding hydrogens is 256 g/mol. The van der Waals surface area contributed by atoms with Crippen molar-refractivity contribution in [3.8, 4) is 0 Å². The Bertz CT molecular complexity index is 533. The predicted molar refractivity (Wildman–Crippen MR) is 70.8 cm³/mol. The number of aryl methyl sites for hydroxylation is 1. The standard InChI is InChI=1S/C14H20N4O2/c1-9-16-11(17-20-9)7-15-13(19)18-8-14(5-2-6-14)12(18)10-3-4-10/h10,12H,2-8H2,1H3,(H,15,19). The summed E-state index contributed by atoms with van der Waals surface area (Å²) < 4.78 is 4.90. The van der Waals surface area contributed by atoms with Crippen molar-refractivity contribution in [3.05, 3.63) is 11.7 Å². The van der Waals surface area contributed by atoms with Crippen LogP contribution in [0.2, 0.25) is 0 Å². The number of carbonyl (C=O) groups is 1. The lowest BCUT2D eigenvalue weighted by Crippen LogP contribution is -2.71. The molecule has 1 atom stereocenters. The van der Waals surface area contributed by atoms with Gasteiger partial charge in [-0.3, -0.25) is 0 Å². The molecule has 1 spiro atoms. The molecule has 6 nitrogen and oxygen atoms in total. The van der Waals surface area contributed by atoms with Crippen LogP contribution in [0.4, 0.5) is 4.79 Å². The van der Waals surface area contributed by atoms with E-state index in [0.29, 0.717) is 29.7 Å². The van der Waals surface area contributed by atoms with Crippen LogP contribution in [0.25, 0.3) is 0 Å². The molecule has 20 heavy (non-hydrogen) atoms. The SMILES string of the molecule is Cc1nc(CNC(=O)N2CC3(CCC3)C2C2CC2)no1. The zero-order chi connectivity index (χ0) is 13.7. The van der Waals surface area contributed by atoms with Gasteiger partial charge < -0.3 is 14.7 Å². The van der Waals surface area contributed by atoms with Crippen molar-refractivity contribution in [1.29, 1.82) is 0 Å². The number of amides is 2. The molecule has 2 aliphatic carbocycles. The van der Waals surface area contributed by atoms with Crippen LogP contribution in [-0.2, 0) is 6.54 Å². The lowest BCUT2D eigenvalue weighted by atomic mass is 9.57. The van der Waals surface area contributed by atoms with Crippen LogP contribution >= 0.6 is 0 Å². The topological polar surface area (TPSA) is 71.3 Å². The molecule has 1 N–H and O–H groups in total. The second-order valence-electron chi connectivity index (χ2n) is 6.51. The third-order valence-corrected chi connectivity index (χ3v) is 5.09. The van der Waals surface area contributed by atoms with Crippen molar-refractivity contribution in [1.82, 2.24) is 20.4 Å². The van der Waals surface area contributed by atoms with Gasteiger partial charge in [-0.05, 0) is 31.6 Å². The van der Waals surface area contributed by atoms with Crippen LogP contribution in [0.5, 0.6) is 0 Å². The molecule has 2 saturated carbocycles. The molecule has 0 bridgehead atoms. The summed E-state index contributed by atoms with van der Waals surface area (Å²) >= 11 is 0. The maximum Gasteiger partial charge on any atom is 0.318 e. The van der Waals surface area contributed by atoms with E-state index in [1.807, 2.05) is 4.90 Å². The van der Waals surface area contributed by atoms with Gasteiger partial charge in [0.2, 0.25) is 5.89 Å². The van der Waals surface area contributed by atoms with Crippen LogP contribution in [0.3, 0.4) is 0 Å². The normalized spacial score (nSPS) is 27.1. The maximum atomic E-state index is 12.3. The lowest BCUT2D eigenvalue weighted by Gasteiger charge is -2.62. The van der Waals surface area contributed by atoms with Crippen molar-refractivity contribution in [2.75, 3.05) is 6.54 Å². The van der Waals surface area contributed by atoms with Crippen LogP contribution in [0.15, 0.2) is 4.52 Å². The van der Waals surface area contributed by atoms with E-state index < -0.39 is 0 Å². The molecule has 108 valence electrons. The Balaban J connectivity index is 1.36. The largest absolute Gasteiger partial charge is 0.340 e. The van der Waals surface area contributed by atoms with E-state index in [1.165, 1.54) is 32.1 Å². The highest BCUT2D eigenvalue weighted by Crippen LogP contribution is 2.59. The Morgan fingerprint density at radius 2 is 2.30 bits per heavy atom. The van der Waals surface area contributed by atoms with Gasteiger partial charge in [0.1, 0.15) is 0 Å². The van der Waals surface area contributed by atoms with Gasteiger partial charge in [0.25, 0.3) is 0 Å². The molecule has 1 saturated heterocycles. The monoisotopic (exact) mass is 276 g/mol. The summed E-state index contributed by atoms with van der Waals surface area (Å²) in [5.74, 6) is 1.82. The third kappa shape index (κ3) is 1.81. The van der Waals surface area contributed by atoms with Crippen molar-refractivity contribution in [2.45, 2.75) is 51.6 Å². The summed E-state index contributed by atoms with van der Waals surface area (Å²) in [5, 5.41) is 6.71. The summed E-state index contributed by atoms with van der Waals surface area (Å²) in [6, 6.07) is 0.519. The van der Waals surface area contributed by atoms with Crippen molar-refractivity contribution in [3.63, 3.8) is 0 Å². The minimum absolute atomic E-state index is 0.0295. The number of rotatable bonds is 3. The Hall–Kier alpha value is -1.59. The fourth-order valence-electron chi connectivity index (χ4n) is 3.87. The van der Waals surface area contributed by atoms with E-state index in [-0.39, 0.29) is 6.03 Å². The molecule has 6 heteroatoms. The molecular formula is C14H20N4O2. The van der Waals surface area contributed by atoms with Gasteiger partial charge in [0.15, 0.2) is 5.82 Å². The van der Waals surface area contributed by atoms with E-state index in [1.54, 1.807) is 6.92 Å². The summed E-state index contributed by atoms with van der Waals surface area (Å²) in [6.07, 6.45) is 6.53. The van der Waals surface area contributed by atoms with Crippen LogP contribution in [0.1, 0.15) is 43.8 Å². The molecule has 3 fully saturated rings. The zero-order valence-electron chi connectivity index (χ0n) is 11.8. The smallest absolute Gasteiger partial charge is 0.318 e. The first-order valence-electron chi connectivity index (χ1n) is 7.52. The molecule has 1 aromatic rings. The van der Waals surface area contributed by atoms with Crippen LogP contribution in [-0.4, -0.2) is 33.7 Å². The fourth-order valence-corrected chi connectivity index (χ4v) is 3.87. The lowest BCUT2D eigenvalue weighted by molar-refractivity contribution is -0.107. The predicted octanol–water partition coefficient (Wildman–Crippen LogP) is 1.85. The molecule has 0 aromatic carbocycles. The zero-order valence-corrected chi connectivity index (χ0v) is 11.8. The number of aromatic nitrogens is 2. The molecule has 0 radical (unpaired) electrons. The summed E-state index contributed by atoms with van der Waals surface area (Å²) in [6.45, 7) is 3.03. The minimum Gasteiger partial charge on any atom is -0.340 e. The Labute approximate surface area is 117 Å². The summed E-state index contributed by atoms with van der Waals surface area (Å²) in [7, 11) is 0. The minimum atomic E-state index is 0.0295. The number of carbonyl (C=O) groups excluding carboxylic acids is 1. The third-order valence-electron chi connectivity index (χ3n) is 5.09. The second kappa shape index (κ2) is 4.20. The molecule has 2 amide bonds. The van der Waals surface area contributed by atoms with Crippen LogP contribution in [0, 0.1) is 18.3 Å². The molecule has 4 rings (SSSR count). The number of hydrogen-bond acceptors (Lipinski definition) is 4. The van der Waals surface area contributed by atoms with E-state index in [0.717, 1.165) is 12.5 Å². The second-order valence-corrected chi connectivity index (χ2v) is 6.51. The first-order valence-corrected chi connectivity index (χ1v) is 7.52. The highest BCUT2D eigenvalue weighted by Gasteiger charge is 2.61. The number of nitrogens with one attached hydrogen (secondary N) is 1. The Kier molecular flexibility index (Phi) is 2.56. The van der Waals surface area contributed by atoms with E-state index in [4.69, 9.17) is 4.52 Å². The van der Waals surface area contributed by atoms with Gasteiger partial charge in [-0.15, -0.1) is 0 Å². The maximum absolute atomic E-state index is 12.3. The number of urea groups is 1. The first kappa shape index (κ1) is 12.2. The molecule has 1 aromatic heterocycles. The van der Waals surface area contributed by atoms with Crippen molar-refractivity contribution < 1.29 is 9.32 Å². The van der Waals surface area contributed by atoms with Crippen molar-refractivity contribution >= 4 is 6.03 Å². The van der Waals surface area contributed by atoms with Gasteiger partial charge >= 0.3 is 6.03 Å². The number of likely N-dealkylation sites (tertiary alicyclic amines) is 1. The number of hydrogen-bond donors (Lipinski definition) is 1. The van der Waals surface area contributed by atoms with E-state index >= 15 is 0 Å². The van der Waals surface area contributed by atoms with Gasteiger partial charge in [-0.1, -0.05) is 11.6 Å².